The monoisotopic (exact) mass is 427 g/mol. The summed E-state index contributed by atoms with van der Waals surface area (Å²) in [5.41, 5.74) is -0.172. The lowest BCUT2D eigenvalue weighted by Crippen LogP contribution is -2.05. The minimum Gasteiger partial charge on any atom is -0.311 e. The molecule has 3 aromatic heterocycles. The van der Waals surface area contributed by atoms with Crippen LogP contribution in [0.4, 0.5) is 13.2 Å². The molecule has 0 fully saturated rings. The van der Waals surface area contributed by atoms with E-state index >= 15 is 0 Å². The smallest absolute Gasteiger partial charge is 0.311 e. The number of rotatable bonds is 3. The molecule has 27 heavy (non-hydrogen) atoms. The van der Waals surface area contributed by atoms with Crippen molar-refractivity contribution >= 4 is 55.9 Å². The van der Waals surface area contributed by atoms with Gasteiger partial charge in [0.15, 0.2) is 11.5 Å². The minimum absolute atomic E-state index is 0.221. The Morgan fingerprint density at radius 1 is 1.30 bits per heavy atom. The summed E-state index contributed by atoms with van der Waals surface area (Å²) < 4.78 is 41.8. The van der Waals surface area contributed by atoms with E-state index in [1.165, 1.54) is 11.3 Å². The Balaban J connectivity index is 1.98. The van der Waals surface area contributed by atoms with E-state index in [-0.39, 0.29) is 5.52 Å². The quantitative estimate of drug-likeness (QED) is 0.343. The lowest BCUT2D eigenvalue weighted by atomic mass is 10.2. The first-order chi connectivity index (χ1) is 12.8. The molecule has 0 unspecified atom stereocenters. The summed E-state index contributed by atoms with van der Waals surface area (Å²) in [6, 6.07) is 6.75. The second-order valence-electron chi connectivity index (χ2n) is 5.87. The van der Waals surface area contributed by atoms with Gasteiger partial charge in [0.05, 0.1) is 15.5 Å². The third-order valence-corrected chi connectivity index (χ3v) is 6.73. The Morgan fingerprint density at radius 2 is 2.07 bits per heavy atom. The van der Waals surface area contributed by atoms with Crippen molar-refractivity contribution in [1.82, 2.24) is 14.5 Å². The molecular formula is C18H13ClF3N3S2. The summed E-state index contributed by atoms with van der Waals surface area (Å²) in [6.07, 6.45) is -3.61. The Bertz CT molecular complexity index is 1160. The average Bonchev–Trinajstić information content (AvgIpc) is 3.13. The van der Waals surface area contributed by atoms with Gasteiger partial charge in [-0.15, -0.1) is 23.1 Å². The summed E-state index contributed by atoms with van der Waals surface area (Å²) in [4.78, 5) is 10.4. The molecule has 0 bridgehead atoms. The predicted octanol–water partition coefficient (Wildman–Crippen LogP) is 6.63. The predicted molar refractivity (Wildman–Crippen MR) is 106 cm³/mol. The van der Waals surface area contributed by atoms with Crippen molar-refractivity contribution in [2.75, 3.05) is 5.75 Å². The summed E-state index contributed by atoms with van der Waals surface area (Å²) in [5.74, 6) is 1.43. The number of pyridine rings is 1. The van der Waals surface area contributed by atoms with E-state index in [9.17, 15) is 13.2 Å². The summed E-state index contributed by atoms with van der Waals surface area (Å²) in [6.45, 7) is 2.04. The highest BCUT2D eigenvalue weighted by atomic mass is 35.5. The van der Waals surface area contributed by atoms with Crippen LogP contribution in [0.1, 0.15) is 12.5 Å². The van der Waals surface area contributed by atoms with Crippen LogP contribution >= 0.6 is 34.7 Å². The SMILES string of the molecule is CCSc1c(-c2nc3cc(C(F)(F)F)cnc3n2C)sc2cccc(Cl)c12. The van der Waals surface area contributed by atoms with Crippen molar-refractivity contribution in [3.63, 3.8) is 0 Å². The molecule has 3 nitrogen and oxygen atoms in total. The van der Waals surface area contributed by atoms with Gasteiger partial charge in [0, 0.05) is 28.2 Å². The molecule has 0 amide bonds. The van der Waals surface area contributed by atoms with Gasteiger partial charge in [-0.05, 0) is 24.0 Å². The fourth-order valence-corrected chi connectivity index (χ4v) is 5.71. The van der Waals surface area contributed by atoms with E-state index in [2.05, 4.69) is 9.97 Å². The number of thiophene rings is 1. The van der Waals surface area contributed by atoms with E-state index in [1.807, 2.05) is 25.1 Å². The molecule has 0 aliphatic rings. The second kappa shape index (κ2) is 6.68. The summed E-state index contributed by atoms with van der Waals surface area (Å²) in [5, 5.41) is 1.62. The zero-order valence-electron chi connectivity index (χ0n) is 14.3. The van der Waals surface area contributed by atoms with E-state index in [0.717, 1.165) is 37.9 Å². The van der Waals surface area contributed by atoms with Crippen molar-refractivity contribution in [3.8, 4) is 10.7 Å². The number of halogens is 4. The molecule has 0 aliphatic heterocycles. The molecule has 0 radical (unpaired) electrons. The lowest BCUT2D eigenvalue weighted by Gasteiger charge is -2.05. The van der Waals surface area contributed by atoms with Crippen LogP contribution in [-0.4, -0.2) is 20.3 Å². The van der Waals surface area contributed by atoms with Gasteiger partial charge < -0.3 is 4.57 Å². The molecule has 140 valence electrons. The Kier molecular flexibility index (Phi) is 4.60. The number of hydrogen-bond donors (Lipinski definition) is 0. The van der Waals surface area contributed by atoms with E-state index in [0.29, 0.717) is 16.5 Å². The Morgan fingerprint density at radius 3 is 2.78 bits per heavy atom. The molecule has 9 heteroatoms. The topological polar surface area (TPSA) is 30.7 Å². The molecule has 0 spiro atoms. The van der Waals surface area contributed by atoms with E-state index in [4.69, 9.17) is 11.6 Å². The number of imidazole rings is 1. The molecule has 1 aromatic carbocycles. The van der Waals surface area contributed by atoms with E-state index in [1.54, 1.807) is 23.4 Å². The summed E-state index contributed by atoms with van der Waals surface area (Å²) >= 11 is 9.59. The second-order valence-corrected chi connectivity index (χ2v) is 8.60. The fraction of sp³-hybridized carbons (Fsp3) is 0.222. The van der Waals surface area contributed by atoms with Gasteiger partial charge in [-0.25, -0.2) is 9.97 Å². The number of alkyl halides is 3. The molecule has 4 rings (SSSR count). The zero-order chi connectivity index (χ0) is 19.3. The van der Waals surface area contributed by atoms with Gasteiger partial charge in [-0.1, -0.05) is 24.6 Å². The highest BCUT2D eigenvalue weighted by molar-refractivity contribution is 7.99. The van der Waals surface area contributed by atoms with Crippen LogP contribution in [0.25, 0.3) is 32.0 Å². The number of aromatic nitrogens is 3. The molecule has 0 aliphatic carbocycles. The molecule has 0 N–H and O–H groups in total. The van der Waals surface area contributed by atoms with Crippen LogP contribution in [-0.2, 0) is 13.2 Å². The van der Waals surface area contributed by atoms with Crippen molar-refractivity contribution in [2.45, 2.75) is 18.0 Å². The maximum atomic E-state index is 13.0. The van der Waals surface area contributed by atoms with Gasteiger partial charge in [-0.3, -0.25) is 0 Å². The standard InChI is InChI=1S/C18H13ClF3N3S2/c1-3-26-14-13-10(19)5-4-6-12(13)27-15(14)17-24-11-7-9(18(20,21)22)8-23-16(11)25(17)2/h4-8H,3H2,1-2H3. The maximum Gasteiger partial charge on any atom is 0.417 e. The molecule has 0 saturated carbocycles. The first kappa shape index (κ1) is 18.6. The number of fused-ring (bicyclic) bond motifs is 2. The van der Waals surface area contributed by atoms with Crippen LogP contribution < -0.4 is 0 Å². The number of nitrogens with zero attached hydrogens (tertiary/aromatic N) is 3. The molecule has 3 heterocycles. The largest absolute Gasteiger partial charge is 0.417 e. The van der Waals surface area contributed by atoms with Crippen molar-refractivity contribution in [1.29, 1.82) is 0 Å². The van der Waals surface area contributed by atoms with Crippen LogP contribution in [0.3, 0.4) is 0 Å². The molecule has 0 saturated heterocycles. The van der Waals surface area contributed by atoms with Crippen LogP contribution in [0, 0.1) is 0 Å². The third-order valence-electron chi connectivity index (χ3n) is 4.15. The van der Waals surface area contributed by atoms with Gasteiger partial charge in [0.25, 0.3) is 0 Å². The van der Waals surface area contributed by atoms with Gasteiger partial charge in [0.1, 0.15) is 5.52 Å². The van der Waals surface area contributed by atoms with Crippen LogP contribution in [0.2, 0.25) is 5.02 Å². The van der Waals surface area contributed by atoms with Crippen LogP contribution in [0.15, 0.2) is 35.4 Å². The van der Waals surface area contributed by atoms with Crippen molar-refractivity contribution < 1.29 is 13.2 Å². The maximum absolute atomic E-state index is 13.0. The van der Waals surface area contributed by atoms with Gasteiger partial charge >= 0.3 is 6.18 Å². The first-order valence-electron chi connectivity index (χ1n) is 8.05. The number of hydrogen-bond acceptors (Lipinski definition) is 4. The first-order valence-corrected chi connectivity index (χ1v) is 10.2. The van der Waals surface area contributed by atoms with Crippen molar-refractivity contribution in [3.05, 3.63) is 41.0 Å². The van der Waals surface area contributed by atoms with Gasteiger partial charge in [-0.2, -0.15) is 13.2 Å². The number of benzene rings is 1. The van der Waals surface area contributed by atoms with Gasteiger partial charge in [0.2, 0.25) is 0 Å². The number of thioether (sulfide) groups is 1. The van der Waals surface area contributed by atoms with Crippen LogP contribution in [0.5, 0.6) is 0 Å². The van der Waals surface area contributed by atoms with Crippen molar-refractivity contribution in [2.24, 2.45) is 7.05 Å². The lowest BCUT2D eigenvalue weighted by molar-refractivity contribution is -0.137. The average molecular weight is 428 g/mol. The molecular weight excluding hydrogens is 415 g/mol. The highest BCUT2D eigenvalue weighted by Gasteiger charge is 2.32. The fourth-order valence-electron chi connectivity index (χ4n) is 2.94. The normalized spacial score (nSPS) is 12.4. The van der Waals surface area contributed by atoms with E-state index < -0.39 is 11.7 Å². The third kappa shape index (κ3) is 3.09. The zero-order valence-corrected chi connectivity index (χ0v) is 16.7. The highest BCUT2D eigenvalue weighted by Crippen LogP contribution is 2.46. The minimum atomic E-state index is -4.45. The number of aryl methyl sites for hydroxylation is 1. The molecule has 0 atom stereocenters. The summed E-state index contributed by atoms with van der Waals surface area (Å²) in [7, 11) is 1.76. The Labute approximate surface area is 166 Å². The molecule has 4 aromatic rings. The Hall–Kier alpha value is -1.77.